The minimum Gasteiger partial charge on any atom is -0.497 e. The lowest BCUT2D eigenvalue weighted by molar-refractivity contribution is -0.134. The van der Waals surface area contributed by atoms with E-state index in [4.69, 9.17) is 10.5 Å². The molecule has 4 heteroatoms. The number of likely N-dealkylation sites (tertiary alicyclic amines) is 1. The molecule has 1 unspecified atom stereocenters. The van der Waals surface area contributed by atoms with Crippen molar-refractivity contribution in [2.45, 2.75) is 39.2 Å². The van der Waals surface area contributed by atoms with Gasteiger partial charge in [-0.2, -0.15) is 0 Å². The van der Waals surface area contributed by atoms with Crippen molar-refractivity contribution in [3.63, 3.8) is 0 Å². The fraction of sp³-hybridized carbons (Fsp3) is 0.588. The first kappa shape index (κ1) is 15.8. The van der Waals surface area contributed by atoms with Crippen LogP contribution in [-0.2, 0) is 11.2 Å². The van der Waals surface area contributed by atoms with Crippen LogP contribution in [0.4, 0.5) is 0 Å². The molecule has 1 fully saturated rings. The molecule has 0 spiro atoms. The van der Waals surface area contributed by atoms with Gasteiger partial charge in [0, 0.05) is 25.6 Å². The predicted octanol–water partition coefficient (Wildman–Crippen LogP) is 2.21. The number of carbonyl (C=O) groups excluding carboxylic acids is 1. The molecule has 2 N–H and O–H groups in total. The summed E-state index contributed by atoms with van der Waals surface area (Å²) in [7, 11) is 1.65. The van der Waals surface area contributed by atoms with Crippen molar-refractivity contribution in [3.05, 3.63) is 29.8 Å². The third-order valence-electron chi connectivity index (χ3n) is 4.45. The average molecular weight is 290 g/mol. The Bertz CT molecular complexity index is 482. The maximum Gasteiger partial charge on any atom is 0.222 e. The monoisotopic (exact) mass is 290 g/mol. The molecule has 1 atom stereocenters. The zero-order chi connectivity index (χ0) is 15.5. The summed E-state index contributed by atoms with van der Waals surface area (Å²) in [5.74, 6) is 1.07. The van der Waals surface area contributed by atoms with Crippen molar-refractivity contribution >= 4 is 5.91 Å². The summed E-state index contributed by atoms with van der Waals surface area (Å²) >= 11 is 0. The van der Waals surface area contributed by atoms with Crippen LogP contribution in [0.5, 0.6) is 5.75 Å². The van der Waals surface area contributed by atoms with Crippen molar-refractivity contribution in [1.29, 1.82) is 0 Å². The van der Waals surface area contributed by atoms with E-state index in [1.54, 1.807) is 7.11 Å². The number of hydrogen-bond acceptors (Lipinski definition) is 3. The van der Waals surface area contributed by atoms with E-state index < -0.39 is 0 Å². The minimum absolute atomic E-state index is 0.00796. The van der Waals surface area contributed by atoms with E-state index in [1.165, 1.54) is 0 Å². The average Bonchev–Trinajstić information content (AvgIpc) is 2.48. The molecule has 116 valence electrons. The zero-order valence-electron chi connectivity index (χ0n) is 13.3. The number of aryl methyl sites for hydroxylation is 1. The van der Waals surface area contributed by atoms with E-state index in [1.807, 2.05) is 29.2 Å². The molecule has 0 bridgehead atoms. The molecule has 1 amide bonds. The number of methoxy groups -OCH3 is 1. The highest BCUT2D eigenvalue weighted by Crippen LogP contribution is 2.28. The topological polar surface area (TPSA) is 55.6 Å². The molecular formula is C17H26N2O2. The summed E-state index contributed by atoms with van der Waals surface area (Å²) in [6, 6.07) is 8.08. The SMILES string of the molecule is COc1ccc(CCC(=O)N2CCC(N)C(C)(C)C2)cc1. The van der Waals surface area contributed by atoms with Gasteiger partial charge >= 0.3 is 0 Å². The lowest BCUT2D eigenvalue weighted by Crippen LogP contribution is -2.54. The van der Waals surface area contributed by atoms with E-state index in [-0.39, 0.29) is 17.4 Å². The van der Waals surface area contributed by atoms with Crippen LogP contribution in [0.15, 0.2) is 24.3 Å². The molecule has 0 saturated carbocycles. The molecule has 4 nitrogen and oxygen atoms in total. The third kappa shape index (κ3) is 3.97. The summed E-state index contributed by atoms with van der Waals surface area (Å²) < 4.78 is 5.14. The number of amides is 1. The van der Waals surface area contributed by atoms with Crippen LogP contribution >= 0.6 is 0 Å². The Morgan fingerprint density at radius 1 is 1.38 bits per heavy atom. The molecule has 1 aromatic carbocycles. The first-order chi connectivity index (χ1) is 9.92. The fourth-order valence-electron chi connectivity index (χ4n) is 2.79. The van der Waals surface area contributed by atoms with Crippen LogP contribution in [0.3, 0.4) is 0 Å². The quantitative estimate of drug-likeness (QED) is 0.925. The van der Waals surface area contributed by atoms with Gasteiger partial charge in [-0.3, -0.25) is 4.79 Å². The Kier molecular flexibility index (Phi) is 4.88. The summed E-state index contributed by atoms with van der Waals surface area (Å²) in [4.78, 5) is 14.3. The van der Waals surface area contributed by atoms with Gasteiger partial charge in [0.25, 0.3) is 0 Å². The van der Waals surface area contributed by atoms with Crippen LogP contribution in [0.1, 0.15) is 32.3 Å². The molecule has 1 heterocycles. The van der Waals surface area contributed by atoms with E-state index in [9.17, 15) is 4.79 Å². The highest BCUT2D eigenvalue weighted by atomic mass is 16.5. The number of nitrogens with zero attached hydrogens (tertiary/aromatic N) is 1. The minimum atomic E-state index is 0.00796. The first-order valence-corrected chi connectivity index (χ1v) is 7.58. The summed E-state index contributed by atoms with van der Waals surface area (Å²) in [6.45, 7) is 5.82. The Balaban J connectivity index is 1.86. The third-order valence-corrected chi connectivity index (χ3v) is 4.45. The Morgan fingerprint density at radius 3 is 2.62 bits per heavy atom. The standard InChI is InChI=1S/C17H26N2O2/c1-17(2)12-19(11-10-15(17)18)16(20)9-6-13-4-7-14(21-3)8-5-13/h4-5,7-8,15H,6,9-12,18H2,1-3H3. The van der Waals surface area contributed by atoms with Gasteiger partial charge < -0.3 is 15.4 Å². The van der Waals surface area contributed by atoms with Gasteiger partial charge in [-0.25, -0.2) is 0 Å². The van der Waals surface area contributed by atoms with Crippen molar-refractivity contribution in [2.24, 2.45) is 11.1 Å². The summed E-state index contributed by atoms with van der Waals surface area (Å²) in [6.07, 6.45) is 2.21. The fourth-order valence-corrected chi connectivity index (χ4v) is 2.79. The van der Waals surface area contributed by atoms with Crippen LogP contribution < -0.4 is 10.5 Å². The van der Waals surface area contributed by atoms with Crippen LogP contribution in [-0.4, -0.2) is 37.0 Å². The van der Waals surface area contributed by atoms with Crippen LogP contribution in [0.25, 0.3) is 0 Å². The number of ether oxygens (including phenoxy) is 1. The molecule has 0 aromatic heterocycles. The lowest BCUT2D eigenvalue weighted by Gasteiger charge is -2.42. The molecule has 1 saturated heterocycles. The molecule has 21 heavy (non-hydrogen) atoms. The molecular weight excluding hydrogens is 264 g/mol. The van der Waals surface area contributed by atoms with Gasteiger partial charge in [0.15, 0.2) is 0 Å². The molecule has 1 aromatic rings. The van der Waals surface area contributed by atoms with Crippen molar-refractivity contribution in [3.8, 4) is 5.75 Å². The van der Waals surface area contributed by atoms with Crippen molar-refractivity contribution in [1.82, 2.24) is 4.90 Å². The molecule has 2 rings (SSSR count). The van der Waals surface area contributed by atoms with Gasteiger partial charge in [-0.1, -0.05) is 26.0 Å². The molecule has 1 aliphatic rings. The molecule has 0 radical (unpaired) electrons. The zero-order valence-corrected chi connectivity index (χ0v) is 13.3. The second-order valence-electron chi connectivity index (χ2n) is 6.55. The normalized spacial score (nSPS) is 21.1. The highest BCUT2D eigenvalue weighted by molar-refractivity contribution is 5.76. The van der Waals surface area contributed by atoms with Gasteiger partial charge in [0.05, 0.1) is 7.11 Å². The van der Waals surface area contributed by atoms with E-state index in [0.29, 0.717) is 6.42 Å². The maximum atomic E-state index is 12.3. The highest BCUT2D eigenvalue weighted by Gasteiger charge is 2.34. The maximum absolute atomic E-state index is 12.3. The smallest absolute Gasteiger partial charge is 0.222 e. The van der Waals surface area contributed by atoms with Gasteiger partial charge in [-0.15, -0.1) is 0 Å². The number of carbonyl (C=O) groups is 1. The van der Waals surface area contributed by atoms with Crippen molar-refractivity contribution in [2.75, 3.05) is 20.2 Å². The number of piperidine rings is 1. The number of nitrogens with two attached hydrogens (primary N) is 1. The second kappa shape index (κ2) is 6.48. The van der Waals surface area contributed by atoms with E-state index in [2.05, 4.69) is 13.8 Å². The Hall–Kier alpha value is -1.55. The van der Waals surface area contributed by atoms with Gasteiger partial charge in [-0.05, 0) is 36.0 Å². The largest absolute Gasteiger partial charge is 0.497 e. The van der Waals surface area contributed by atoms with E-state index >= 15 is 0 Å². The molecule has 1 aliphatic heterocycles. The number of hydrogen-bond donors (Lipinski definition) is 1. The number of rotatable bonds is 4. The lowest BCUT2D eigenvalue weighted by atomic mass is 9.79. The summed E-state index contributed by atoms with van der Waals surface area (Å²) in [5, 5.41) is 0. The van der Waals surface area contributed by atoms with Crippen molar-refractivity contribution < 1.29 is 9.53 Å². The van der Waals surface area contributed by atoms with Crippen LogP contribution in [0, 0.1) is 5.41 Å². The van der Waals surface area contributed by atoms with Gasteiger partial charge in [0.2, 0.25) is 5.91 Å². The second-order valence-corrected chi connectivity index (χ2v) is 6.55. The molecule has 0 aliphatic carbocycles. The number of benzene rings is 1. The van der Waals surface area contributed by atoms with E-state index in [0.717, 1.165) is 37.2 Å². The Morgan fingerprint density at radius 2 is 2.05 bits per heavy atom. The van der Waals surface area contributed by atoms with Gasteiger partial charge in [0.1, 0.15) is 5.75 Å². The van der Waals surface area contributed by atoms with Crippen LogP contribution in [0.2, 0.25) is 0 Å². The Labute approximate surface area is 127 Å². The first-order valence-electron chi connectivity index (χ1n) is 7.58. The predicted molar refractivity (Wildman–Crippen MR) is 84.3 cm³/mol. The summed E-state index contributed by atoms with van der Waals surface area (Å²) in [5.41, 5.74) is 7.29.